The Labute approximate surface area is 65.8 Å². The molecule has 0 saturated heterocycles. The SMILES string of the molecule is O=Nc1c[nH]n2c(=O)ccnc12. The molecule has 0 unspecified atom stereocenters. The van der Waals surface area contributed by atoms with Gasteiger partial charge >= 0.3 is 0 Å². The molecule has 0 aliphatic rings. The third kappa shape index (κ3) is 0.746. The number of nitrogens with one attached hydrogen (secondary N) is 1. The van der Waals surface area contributed by atoms with E-state index in [0.717, 1.165) is 4.52 Å². The number of H-pyrrole nitrogens is 1. The van der Waals surface area contributed by atoms with E-state index in [2.05, 4.69) is 15.3 Å². The van der Waals surface area contributed by atoms with Crippen LogP contribution in [-0.4, -0.2) is 14.6 Å². The summed E-state index contributed by atoms with van der Waals surface area (Å²) in [4.78, 5) is 25.0. The fraction of sp³-hybridized carbons (Fsp3) is 0. The Hall–Kier alpha value is -1.98. The molecule has 0 aliphatic carbocycles. The van der Waals surface area contributed by atoms with Gasteiger partial charge in [-0.1, -0.05) is 0 Å². The van der Waals surface area contributed by atoms with E-state index >= 15 is 0 Å². The topological polar surface area (TPSA) is 79.6 Å². The van der Waals surface area contributed by atoms with E-state index in [1.165, 1.54) is 18.5 Å². The van der Waals surface area contributed by atoms with Crippen molar-refractivity contribution in [2.45, 2.75) is 0 Å². The maximum Gasteiger partial charge on any atom is 0.272 e. The van der Waals surface area contributed by atoms with Crippen LogP contribution in [0.2, 0.25) is 0 Å². The Balaban J connectivity index is 2.98. The van der Waals surface area contributed by atoms with Crippen molar-refractivity contribution >= 4 is 11.3 Å². The summed E-state index contributed by atoms with van der Waals surface area (Å²) in [6, 6.07) is 1.29. The van der Waals surface area contributed by atoms with E-state index in [4.69, 9.17) is 0 Å². The molecule has 2 heterocycles. The van der Waals surface area contributed by atoms with Gasteiger partial charge in [-0.15, -0.1) is 4.91 Å². The molecule has 1 N–H and O–H groups in total. The Kier molecular flexibility index (Phi) is 1.26. The molecule has 0 bridgehead atoms. The molecule has 2 aromatic heterocycles. The van der Waals surface area contributed by atoms with Gasteiger partial charge in [0.05, 0.1) is 6.20 Å². The van der Waals surface area contributed by atoms with Crippen LogP contribution in [0.25, 0.3) is 5.65 Å². The molecule has 0 amide bonds. The molecule has 0 atom stereocenters. The van der Waals surface area contributed by atoms with Crippen molar-refractivity contribution < 1.29 is 0 Å². The van der Waals surface area contributed by atoms with Crippen LogP contribution in [0.4, 0.5) is 5.69 Å². The summed E-state index contributed by atoms with van der Waals surface area (Å²) in [7, 11) is 0. The third-order valence-corrected chi connectivity index (χ3v) is 1.50. The van der Waals surface area contributed by atoms with Gasteiger partial charge in [-0.3, -0.25) is 9.89 Å². The maximum absolute atomic E-state index is 11.1. The van der Waals surface area contributed by atoms with Gasteiger partial charge in [-0.05, 0) is 5.18 Å². The predicted molar refractivity (Wildman–Crippen MR) is 41.3 cm³/mol. The minimum absolute atomic E-state index is 0.132. The lowest BCUT2D eigenvalue weighted by molar-refractivity contribution is 0.899. The third-order valence-electron chi connectivity index (χ3n) is 1.50. The van der Waals surface area contributed by atoms with Crippen LogP contribution in [0.15, 0.2) is 28.4 Å². The average molecular weight is 164 g/mol. The smallest absolute Gasteiger partial charge is 0.272 e. The van der Waals surface area contributed by atoms with Crippen molar-refractivity contribution in [1.82, 2.24) is 14.6 Å². The van der Waals surface area contributed by atoms with E-state index in [0.29, 0.717) is 0 Å². The number of aromatic amines is 1. The number of nitrogens with zero attached hydrogens (tertiary/aromatic N) is 3. The monoisotopic (exact) mass is 164 g/mol. The Morgan fingerprint density at radius 1 is 1.58 bits per heavy atom. The Morgan fingerprint density at radius 2 is 2.42 bits per heavy atom. The molecule has 6 nitrogen and oxygen atoms in total. The van der Waals surface area contributed by atoms with E-state index < -0.39 is 0 Å². The van der Waals surface area contributed by atoms with Crippen LogP contribution in [0.5, 0.6) is 0 Å². The molecule has 12 heavy (non-hydrogen) atoms. The van der Waals surface area contributed by atoms with Gasteiger partial charge < -0.3 is 0 Å². The first kappa shape index (κ1) is 6.71. The van der Waals surface area contributed by atoms with Gasteiger partial charge in [-0.25, -0.2) is 4.98 Å². The number of fused-ring (bicyclic) bond motifs is 1. The normalized spacial score (nSPS) is 10.3. The summed E-state index contributed by atoms with van der Waals surface area (Å²) in [5.74, 6) is 0. The van der Waals surface area contributed by atoms with Crippen molar-refractivity contribution in [3.05, 3.63) is 33.7 Å². The number of aromatic nitrogens is 3. The minimum Gasteiger partial charge on any atom is -0.294 e. The molecule has 2 rings (SSSR count). The summed E-state index contributed by atoms with van der Waals surface area (Å²) in [6.07, 6.45) is 2.66. The van der Waals surface area contributed by atoms with Crippen LogP contribution < -0.4 is 5.56 Å². The molecule has 6 heteroatoms. The number of rotatable bonds is 1. The summed E-state index contributed by atoms with van der Waals surface area (Å²) in [5, 5.41) is 5.25. The van der Waals surface area contributed by atoms with E-state index in [1.54, 1.807) is 0 Å². The molecule has 0 aromatic carbocycles. The van der Waals surface area contributed by atoms with Crippen LogP contribution in [-0.2, 0) is 0 Å². The number of hydrogen-bond donors (Lipinski definition) is 1. The van der Waals surface area contributed by atoms with Gasteiger partial charge in [0.25, 0.3) is 5.56 Å². The lowest BCUT2D eigenvalue weighted by Crippen LogP contribution is -2.12. The molecule has 0 fully saturated rings. The van der Waals surface area contributed by atoms with Crippen molar-refractivity contribution in [1.29, 1.82) is 0 Å². The first-order chi connectivity index (χ1) is 5.83. The second-order valence-electron chi connectivity index (χ2n) is 2.19. The summed E-state index contributed by atoms with van der Waals surface area (Å²) in [6.45, 7) is 0. The number of nitroso groups, excluding NO2 is 1. The summed E-state index contributed by atoms with van der Waals surface area (Å²) in [5.41, 5.74) is 0.111. The highest BCUT2D eigenvalue weighted by atomic mass is 16.3. The zero-order valence-electron chi connectivity index (χ0n) is 5.89. The molecule has 0 saturated carbocycles. The molecule has 0 spiro atoms. The molecule has 60 valence electrons. The quantitative estimate of drug-likeness (QED) is 0.620. The predicted octanol–water partition coefficient (Wildman–Crippen LogP) is 0.420. The van der Waals surface area contributed by atoms with E-state index in [9.17, 15) is 9.70 Å². The molecular weight excluding hydrogens is 160 g/mol. The van der Waals surface area contributed by atoms with Crippen LogP contribution in [0.3, 0.4) is 0 Å². The molecule has 0 aliphatic heterocycles. The molecular formula is C6H4N4O2. The van der Waals surface area contributed by atoms with Crippen LogP contribution in [0, 0.1) is 4.91 Å². The number of hydrogen-bond acceptors (Lipinski definition) is 4. The lowest BCUT2D eigenvalue weighted by atomic mass is 10.5. The van der Waals surface area contributed by atoms with Gasteiger partial charge in [-0.2, -0.15) is 4.52 Å². The highest BCUT2D eigenvalue weighted by Crippen LogP contribution is 2.14. The highest BCUT2D eigenvalue weighted by molar-refractivity contribution is 5.61. The summed E-state index contributed by atoms with van der Waals surface area (Å²) < 4.78 is 1.15. The summed E-state index contributed by atoms with van der Waals surface area (Å²) >= 11 is 0. The fourth-order valence-electron chi connectivity index (χ4n) is 0.971. The maximum atomic E-state index is 11.1. The Morgan fingerprint density at radius 3 is 3.17 bits per heavy atom. The molecule has 0 radical (unpaired) electrons. The largest absolute Gasteiger partial charge is 0.294 e. The zero-order valence-corrected chi connectivity index (χ0v) is 5.89. The zero-order chi connectivity index (χ0) is 8.55. The van der Waals surface area contributed by atoms with E-state index in [-0.39, 0.29) is 16.9 Å². The van der Waals surface area contributed by atoms with Gasteiger partial charge in [0.1, 0.15) is 0 Å². The highest BCUT2D eigenvalue weighted by Gasteiger charge is 2.04. The van der Waals surface area contributed by atoms with Gasteiger partial charge in [0.2, 0.25) is 0 Å². The van der Waals surface area contributed by atoms with Crippen molar-refractivity contribution in [3.63, 3.8) is 0 Å². The second kappa shape index (κ2) is 2.26. The van der Waals surface area contributed by atoms with Gasteiger partial charge in [0.15, 0.2) is 11.3 Å². The fourth-order valence-corrected chi connectivity index (χ4v) is 0.971. The van der Waals surface area contributed by atoms with Crippen molar-refractivity contribution in [2.75, 3.05) is 0 Å². The van der Waals surface area contributed by atoms with E-state index in [1.807, 2.05) is 0 Å². The average Bonchev–Trinajstić information content (AvgIpc) is 2.49. The Bertz CT molecular complexity index is 483. The van der Waals surface area contributed by atoms with Crippen LogP contribution >= 0.6 is 0 Å². The first-order valence-corrected chi connectivity index (χ1v) is 3.21. The van der Waals surface area contributed by atoms with Crippen molar-refractivity contribution in [3.8, 4) is 0 Å². The first-order valence-electron chi connectivity index (χ1n) is 3.21. The van der Waals surface area contributed by atoms with Crippen LogP contribution in [0.1, 0.15) is 0 Å². The molecule has 2 aromatic rings. The standard InChI is InChI=1S/C6H4N4O2/c11-5-1-2-7-6-4(9-12)3-8-10(5)6/h1-3,8H. The lowest BCUT2D eigenvalue weighted by Gasteiger charge is -1.87. The van der Waals surface area contributed by atoms with Crippen molar-refractivity contribution in [2.24, 2.45) is 5.18 Å². The minimum atomic E-state index is -0.269. The second-order valence-corrected chi connectivity index (χ2v) is 2.19. The van der Waals surface area contributed by atoms with Gasteiger partial charge in [0, 0.05) is 12.3 Å².